The van der Waals surface area contributed by atoms with Gasteiger partial charge in [-0.05, 0) is 23.8 Å². The van der Waals surface area contributed by atoms with Crippen molar-refractivity contribution in [3.05, 3.63) is 66.5 Å². The van der Waals surface area contributed by atoms with E-state index in [2.05, 4.69) is 20.4 Å². The highest BCUT2D eigenvalue weighted by Gasteiger charge is 2.08. The van der Waals surface area contributed by atoms with Gasteiger partial charge in [0.15, 0.2) is 0 Å². The van der Waals surface area contributed by atoms with Crippen molar-refractivity contribution in [3.63, 3.8) is 0 Å². The van der Waals surface area contributed by atoms with Gasteiger partial charge in [-0.3, -0.25) is 19.4 Å². The summed E-state index contributed by atoms with van der Waals surface area (Å²) in [5.74, 6) is -0.157. The summed E-state index contributed by atoms with van der Waals surface area (Å²) >= 11 is 0. The average molecular weight is 293 g/mol. The van der Waals surface area contributed by atoms with Crippen LogP contribution in [0.2, 0.25) is 0 Å². The lowest BCUT2D eigenvalue weighted by Crippen LogP contribution is -2.22. The summed E-state index contributed by atoms with van der Waals surface area (Å²) in [5.41, 5.74) is 3.32. The van der Waals surface area contributed by atoms with Gasteiger partial charge in [-0.1, -0.05) is 0 Å². The average Bonchev–Trinajstić information content (AvgIpc) is 3.00. The Balaban J connectivity index is 1.73. The lowest BCUT2D eigenvalue weighted by Gasteiger charge is -2.06. The third-order valence-electron chi connectivity index (χ3n) is 3.24. The van der Waals surface area contributed by atoms with E-state index in [-0.39, 0.29) is 5.91 Å². The second-order valence-corrected chi connectivity index (χ2v) is 4.90. The summed E-state index contributed by atoms with van der Waals surface area (Å²) in [6.07, 6.45) is 10.3. The summed E-state index contributed by atoms with van der Waals surface area (Å²) in [4.78, 5) is 20.3. The van der Waals surface area contributed by atoms with Crippen LogP contribution < -0.4 is 5.32 Å². The van der Waals surface area contributed by atoms with Gasteiger partial charge in [0, 0.05) is 55.7 Å². The van der Waals surface area contributed by atoms with Gasteiger partial charge >= 0.3 is 0 Å². The van der Waals surface area contributed by atoms with Crippen LogP contribution in [0.3, 0.4) is 0 Å². The fraction of sp³-hybridized carbons (Fsp3) is 0.125. The van der Waals surface area contributed by atoms with Crippen LogP contribution in [-0.2, 0) is 13.6 Å². The fourth-order valence-electron chi connectivity index (χ4n) is 2.08. The number of amides is 1. The molecule has 3 rings (SSSR count). The second kappa shape index (κ2) is 6.17. The minimum Gasteiger partial charge on any atom is -0.348 e. The minimum atomic E-state index is -0.157. The molecule has 3 aromatic heterocycles. The Morgan fingerprint density at radius 2 is 1.95 bits per heavy atom. The van der Waals surface area contributed by atoms with Crippen LogP contribution >= 0.6 is 0 Å². The molecule has 0 radical (unpaired) electrons. The molecular weight excluding hydrogens is 278 g/mol. The smallest absolute Gasteiger partial charge is 0.253 e. The first kappa shape index (κ1) is 13.9. The molecule has 6 heteroatoms. The van der Waals surface area contributed by atoms with Crippen molar-refractivity contribution < 1.29 is 4.79 Å². The van der Waals surface area contributed by atoms with Crippen molar-refractivity contribution >= 4 is 5.91 Å². The van der Waals surface area contributed by atoms with E-state index in [9.17, 15) is 4.79 Å². The van der Waals surface area contributed by atoms with E-state index in [0.29, 0.717) is 12.1 Å². The molecule has 0 bridgehead atoms. The third-order valence-corrected chi connectivity index (χ3v) is 3.24. The first-order valence-corrected chi connectivity index (χ1v) is 6.83. The van der Waals surface area contributed by atoms with Crippen molar-refractivity contribution in [1.82, 2.24) is 25.1 Å². The molecule has 22 heavy (non-hydrogen) atoms. The molecule has 0 aromatic carbocycles. The highest BCUT2D eigenvalue weighted by atomic mass is 16.1. The predicted molar refractivity (Wildman–Crippen MR) is 81.8 cm³/mol. The maximum atomic E-state index is 12.2. The molecule has 0 spiro atoms. The number of carbonyl (C=O) groups is 1. The summed E-state index contributed by atoms with van der Waals surface area (Å²) in [5, 5.41) is 7.00. The highest BCUT2D eigenvalue weighted by Crippen LogP contribution is 2.18. The first-order chi connectivity index (χ1) is 10.7. The molecule has 3 heterocycles. The molecule has 0 saturated carbocycles. The van der Waals surface area contributed by atoms with Crippen molar-refractivity contribution in [2.45, 2.75) is 6.54 Å². The van der Waals surface area contributed by atoms with E-state index in [1.54, 1.807) is 35.7 Å². The zero-order valence-electron chi connectivity index (χ0n) is 12.1. The van der Waals surface area contributed by atoms with Crippen LogP contribution in [-0.4, -0.2) is 25.7 Å². The molecule has 0 atom stereocenters. The molecule has 0 aliphatic heterocycles. The summed E-state index contributed by atoms with van der Waals surface area (Å²) in [7, 11) is 1.85. The summed E-state index contributed by atoms with van der Waals surface area (Å²) < 4.78 is 1.71. The maximum absolute atomic E-state index is 12.2. The number of carbonyl (C=O) groups excluding carboxylic acids is 1. The van der Waals surface area contributed by atoms with Gasteiger partial charge in [-0.25, -0.2) is 0 Å². The van der Waals surface area contributed by atoms with E-state index in [0.717, 1.165) is 16.7 Å². The largest absolute Gasteiger partial charge is 0.348 e. The Labute approximate surface area is 127 Å². The lowest BCUT2D eigenvalue weighted by atomic mass is 10.1. The third kappa shape index (κ3) is 3.17. The van der Waals surface area contributed by atoms with Crippen LogP contribution in [0.15, 0.2) is 55.4 Å². The SMILES string of the molecule is Cn1cc(-c2cncc(C(=O)NCc3ccncc3)c2)cn1. The van der Waals surface area contributed by atoms with Gasteiger partial charge in [0.25, 0.3) is 5.91 Å². The van der Waals surface area contributed by atoms with Crippen molar-refractivity contribution in [2.24, 2.45) is 7.05 Å². The van der Waals surface area contributed by atoms with Gasteiger partial charge in [-0.2, -0.15) is 5.10 Å². The van der Waals surface area contributed by atoms with E-state index < -0.39 is 0 Å². The van der Waals surface area contributed by atoms with E-state index in [4.69, 9.17) is 0 Å². The van der Waals surface area contributed by atoms with Crippen LogP contribution in [0, 0.1) is 0 Å². The molecule has 1 amide bonds. The number of aryl methyl sites for hydroxylation is 1. The first-order valence-electron chi connectivity index (χ1n) is 6.83. The number of pyridine rings is 2. The van der Waals surface area contributed by atoms with Crippen molar-refractivity contribution in [3.8, 4) is 11.1 Å². The quantitative estimate of drug-likeness (QED) is 0.796. The second-order valence-electron chi connectivity index (χ2n) is 4.90. The van der Waals surface area contributed by atoms with Crippen molar-refractivity contribution in [1.29, 1.82) is 0 Å². The Morgan fingerprint density at radius 1 is 1.14 bits per heavy atom. The molecule has 110 valence electrons. The van der Waals surface area contributed by atoms with E-state index >= 15 is 0 Å². The Morgan fingerprint density at radius 3 is 2.68 bits per heavy atom. The zero-order chi connectivity index (χ0) is 15.4. The van der Waals surface area contributed by atoms with E-state index in [1.807, 2.05) is 31.4 Å². The van der Waals surface area contributed by atoms with Crippen molar-refractivity contribution in [2.75, 3.05) is 0 Å². The van der Waals surface area contributed by atoms with Crippen LogP contribution in [0.4, 0.5) is 0 Å². The van der Waals surface area contributed by atoms with Gasteiger partial charge in [0.2, 0.25) is 0 Å². The molecule has 3 aromatic rings. The number of nitrogens with one attached hydrogen (secondary N) is 1. The lowest BCUT2D eigenvalue weighted by molar-refractivity contribution is 0.0950. The molecular formula is C16H15N5O. The number of rotatable bonds is 4. The molecule has 1 N–H and O–H groups in total. The maximum Gasteiger partial charge on any atom is 0.253 e. The number of hydrogen-bond donors (Lipinski definition) is 1. The van der Waals surface area contributed by atoms with Gasteiger partial charge in [0.1, 0.15) is 0 Å². The molecule has 6 nitrogen and oxygen atoms in total. The zero-order valence-corrected chi connectivity index (χ0v) is 12.1. The molecule has 0 saturated heterocycles. The highest BCUT2D eigenvalue weighted by molar-refractivity contribution is 5.94. The molecule has 0 aliphatic carbocycles. The number of aromatic nitrogens is 4. The number of hydrogen-bond acceptors (Lipinski definition) is 4. The standard InChI is InChI=1S/C16H15N5O/c1-21-11-15(10-20-21)13-6-14(9-18-8-13)16(22)19-7-12-2-4-17-5-3-12/h2-6,8-11H,7H2,1H3,(H,19,22). The monoisotopic (exact) mass is 293 g/mol. The summed E-state index contributed by atoms with van der Waals surface area (Å²) in [6, 6.07) is 5.54. The van der Waals surface area contributed by atoms with E-state index in [1.165, 1.54) is 0 Å². The predicted octanol–water partition coefficient (Wildman–Crippen LogP) is 1.81. The molecule has 0 unspecified atom stereocenters. The minimum absolute atomic E-state index is 0.157. The summed E-state index contributed by atoms with van der Waals surface area (Å²) in [6.45, 7) is 0.457. The normalized spacial score (nSPS) is 10.4. The molecule has 0 aliphatic rings. The molecule has 0 fully saturated rings. The Bertz CT molecular complexity index is 782. The van der Waals surface area contributed by atoms with Crippen LogP contribution in [0.25, 0.3) is 11.1 Å². The number of nitrogens with zero attached hydrogens (tertiary/aromatic N) is 4. The Kier molecular flexibility index (Phi) is 3.91. The van der Waals surface area contributed by atoms with Gasteiger partial charge in [0.05, 0.1) is 11.8 Å². The van der Waals surface area contributed by atoms with Gasteiger partial charge in [-0.15, -0.1) is 0 Å². The van der Waals surface area contributed by atoms with Gasteiger partial charge < -0.3 is 5.32 Å². The van der Waals surface area contributed by atoms with Crippen LogP contribution in [0.1, 0.15) is 15.9 Å². The van der Waals surface area contributed by atoms with Crippen LogP contribution in [0.5, 0.6) is 0 Å². The Hall–Kier alpha value is -3.02. The fourth-order valence-corrected chi connectivity index (χ4v) is 2.08. The topological polar surface area (TPSA) is 72.7 Å².